The number of hydrogen-bond acceptors (Lipinski definition) is 5. The molecule has 1 rings (SSSR count). The number of rotatable bonds is 7. The lowest BCUT2D eigenvalue weighted by Crippen LogP contribution is -2.29. The lowest BCUT2D eigenvalue weighted by Gasteiger charge is -2.10. The number of thiophene rings is 1. The highest BCUT2D eigenvalue weighted by atomic mass is 32.2. The van der Waals surface area contributed by atoms with Crippen molar-refractivity contribution in [1.29, 1.82) is 0 Å². The van der Waals surface area contributed by atoms with E-state index in [0.29, 0.717) is 6.61 Å². The van der Waals surface area contributed by atoms with Crippen molar-refractivity contribution in [3.8, 4) is 0 Å². The van der Waals surface area contributed by atoms with Crippen LogP contribution in [0.2, 0.25) is 0 Å². The summed E-state index contributed by atoms with van der Waals surface area (Å²) in [6, 6.07) is 2.57. The number of aromatic carboxylic acids is 1. The van der Waals surface area contributed by atoms with Crippen molar-refractivity contribution in [2.45, 2.75) is 11.1 Å². The first kappa shape index (κ1) is 15.1. The van der Waals surface area contributed by atoms with Crippen LogP contribution in [0.3, 0.4) is 0 Å². The normalized spacial score (nSPS) is 13.4. The number of sulfonamides is 1. The molecule has 1 atom stereocenters. The Morgan fingerprint density at radius 1 is 1.56 bits per heavy atom. The monoisotopic (exact) mass is 293 g/mol. The predicted molar refractivity (Wildman–Crippen MR) is 67.5 cm³/mol. The first-order valence-electron chi connectivity index (χ1n) is 5.18. The Bertz CT molecular complexity index is 508. The van der Waals surface area contributed by atoms with Gasteiger partial charge in [-0.25, -0.2) is 17.9 Å². The van der Waals surface area contributed by atoms with Crippen LogP contribution in [0.25, 0.3) is 0 Å². The molecule has 0 saturated carbocycles. The van der Waals surface area contributed by atoms with Gasteiger partial charge in [-0.3, -0.25) is 0 Å². The maximum atomic E-state index is 11.8. The number of carbonyl (C=O) groups is 1. The Kier molecular flexibility index (Phi) is 5.27. The van der Waals surface area contributed by atoms with Crippen LogP contribution in [0.5, 0.6) is 0 Å². The van der Waals surface area contributed by atoms with Gasteiger partial charge in [0.15, 0.2) is 0 Å². The van der Waals surface area contributed by atoms with Gasteiger partial charge in [0.2, 0.25) is 10.0 Å². The van der Waals surface area contributed by atoms with E-state index >= 15 is 0 Å². The molecule has 0 spiro atoms. The molecule has 0 aromatic carbocycles. The molecule has 8 heteroatoms. The Hall–Kier alpha value is -0.960. The summed E-state index contributed by atoms with van der Waals surface area (Å²) < 4.78 is 31.0. The molecular weight excluding hydrogens is 278 g/mol. The van der Waals surface area contributed by atoms with Gasteiger partial charge in [-0.05, 0) is 18.1 Å². The molecule has 102 valence electrons. The van der Waals surface area contributed by atoms with Crippen molar-refractivity contribution in [3.05, 3.63) is 17.0 Å². The number of carboxylic acids is 1. The average molecular weight is 293 g/mol. The van der Waals surface area contributed by atoms with Crippen LogP contribution in [0.4, 0.5) is 0 Å². The maximum absolute atomic E-state index is 11.8. The topological polar surface area (TPSA) is 92.7 Å². The summed E-state index contributed by atoms with van der Waals surface area (Å²) >= 11 is 0.732. The zero-order chi connectivity index (χ0) is 13.8. The molecule has 0 aliphatic heterocycles. The molecule has 1 aromatic rings. The summed E-state index contributed by atoms with van der Waals surface area (Å²) in [5.41, 5.74) is 0. The van der Waals surface area contributed by atoms with Crippen molar-refractivity contribution in [1.82, 2.24) is 4.72 Å². The highest BCUT2D eigenvalue weighted by molar-refractivity contribution is 7.91. The number of carboxylic acid groups (broad SMARTS) is 1. The van der Waals surface area contributed by atoms with Crippen LogP contribution in [-0.4, -0.2) is 39.8 Å². The minimum atomic E-state index is -3.64. The second-order valence-electron chi connectivity index (χ2n) is 3.84. The zero-order valence-electron chi connectivity index (χ0n) is 10.0. The molecule has 18 heavy (non-hydrogen) atoms. The van der Waals surface area contributed by atoms with Gasteiger partial charge < -0.3 is 9.84 Å². The van der Waals surface area contributed by atoms with E-state index in [4.69, 9.17) is 9.84 Å². The van der Waals surface area contributed by atoms with E-state index in [-0.39, 0.29) is 21.5 Å². The standard InChI is InChI=1S/C10H15NO5S2/c1-7(6-16-2)5-11-18(14,15)9-4-3-8(17-9)10(12)13/h3-4,7,11H,5-6H2,1-2H3,(H,12,13). The van der Waals surface area contributed by atoms with Crippen molar-refractivity contribution < 1.29 is 23.1 Å². The molecule has 2 N–H and O–H groups in total. The van der Waals surface area contributed by atoms with Crippen LogP contribution >= 0.6 is 11.3 Å². The molecule has 1 heterocycles. The van der Waals surface area contributed by atoms with Gasteiger partial charge in [0.05, 0.1) is 0 Å². The first-order valence-corrected chi connectivity index (χ1v) is 7.48. The molecule has 0 fully saturated rings. The van der Waals surface area contributed by atoms with Crippen LogP contribution in [-0.2, 0) is 14.8 Å². The molecule has 0 saturated heterocycles. The minimum Gasteiger partial charge on any atom is -0.477 e. The summed E-state index contributed by atoms with van der Waals surface area (Å²) in [5, 5.41) is 8.73. The van der Waals surface area contributed by atoms with Crippen molar-refractivity contribution in [2.75, 3.05) is 20.3 Å². The van der Waals surface area contributed by atoms with E-state index < -0.39 is 16.0 Å². The van der Waals surface area contributed by atoms with E-state index in [0.717, 1.165) is 11.3 Å². The van der Waals surface area contributed by atoms with Crippen molar-refractivity contribution in [3.63, 3.8) is 0 Å². The summed E-state index contributed by atoms with van der Waals surface area (Å²) in [6.45, 7) is 2.55. The van der Waals surface area contributed by atoms with Crippen LogP contribution in [0.15, 0.2) is 16.3 Å². The molecule has 1 aromatic heterocycles. The van der Waals surface area contributed by atoms with E-state index in [1.807, 2.05) is 6.92 Å². The lowest BCUT2D eigenvalue weighted by molar-refractivity contribution is 0.0702. The summed E-state index contributed by atoms with van der Waals surface area (Å²) in [7, 11) is -2.09. The SMILES string of the molecule is COCC(C)CNS(=O)(=O)c1ccc(C(=O)O)s1. The van der Waals surface area contributed by atoms with Gasteiger partial charge in [-0.2, -0.15) is 0 Å². The van der Waals surface area contributed by atoms with E-state index in [9.17, 15) is 13.2 Å². The Labute approximate surface area is 110 Å². The fraction of sp³-hybridized carbons (Fsp3) is 0.500. The van der Waals surface area contributed by atoms with Crippen LogP contribution in [0, 0.1) is 5.92 Å². The number of ether oxygens (including phenoxy) is 1. The van der Waals surface area contributed by atoms with Crippen molar-refractivity contribution in [2.24, 2.45) is 5.92 Å². The Balaban J connectivity index is 2.71. The summed E-state index contributed by atoms with van der Waals surface area (Å²) in [6.07, 6.45) is 0. The molecular formula is C10H15NO5S2. The molecule has 0 aliphatic rings. The minimum absolute atomic E-state index is 0.000292. The second kappa shape index (κ2) is 6.28. The average Bonchev–Trinajstić information content (AvgIpc) is 2.77. The van der Waals surface area contributed by atoms with Crippen LogP contribution < -0.4 is 4.72 Å². The quantitative estimate of drug-likeness (QED) is 0.782. The largest absolute Gasteiger partial charge is 0.477 e. The smallest absolute Gasteiger partial charge is 0.345 e. The van der Waals surface area contributed by atoms with Crippen molar-refractivity contribution >= 4 is 27.3 Å². The summed E-state index contributed by atoms with van der Waals surface area (Å²) in [4.78, 5) is 10.7. The van der Waals surface area contributed by atoms with Gasteiger partial charge in [-0.1, -0.05) is 6.92 Å². The number of hydrogen-bond donors (Lipinski definition) is 2. The third-order valence-electron chi connectivity index (χ3n) is 2.13. The van der Waals surface area contributed by atoms with E-state index in [2.05, 4.69) is 4.72 Å². The number of nitrogens with one attached hydrogen (secondary N) is 1. The third-order valence-corrected chi connectivity index (χ3v) is 5.12. The van der Waals surface area contributed by atoms with E-state index in [1.54, 1.807) is 7.11 Å². The molecule has 0 amide bonds. The molecule has 1 unspecified atom stereocenters. The fourth-order valence-corrected chi connectivity index (χ4v) is 3.60. The van der Waals surface area contributed by atoms with Crippen LogP contribution in [0.1, 0.15) is 16.6 Å². The van der Waals surface area contributed by atoms with Gasteiger partial charge in [0.25, 0.3) is 0 Å². The molecule has 0 aliphatic carbocycles. The van der Waals surface area contributed by atoms with Gasteiger partial charge in [-0.15, -0.1) is 11.3 Å². The Morgan fingerprint density at radius 3 is 2.72 bits per heavy atom. The predicted octanol–water partition coefficient (Wildman–Crippen LogP) is 1.01. The van der Waals surface area contributed by atoms with Gasteiger partial charge in [0, 0.05) is 20.3 Å². The fourth-order valence-electron chi connectivity index (χ4n) is 1.25. The molecule has 0 radical (unpaired) electrons. The van der Waals surface area contributed by atoms with Gasteiger partial charge in [0.1, 0.15) is 9.09 Å². The second-order valence-corrected chi connectivity index (χ2v) is 6.91. The number of methoxy groups -OCH3 is 1. The maximum Gasteiger partial charge on any atom is 0.345 e. The molecule has 6 nitrogen and oxygen atoms in total. The summed E-state index contributed by atoms with van der Waals surface area (Å²) in [5.74, 6) is -1.09. The Morgan fingerprint density at radius 2 is 2.22 bits per heavy atom. The zero-order valence-corrected chi connectivity index (χ0v) is 11.7. The molecule has 0 bridgehead atoms. The third kappa shape index (κ3) is 4.05. The lowest BCUT2D eigenvalue weighted by atomic mass is 10.2. The highest BCUT2D eigenvalue weighted by Crippen LogP contribution is 2.21. The van der Waals surface area contributed by atoms with Gasteiger partial charge >= 0.3 is 5.97 Å². The first-order chi connectivity index (χ1) is 8.36. The van der Waals surface area contributed by atoms with E-state index in [1.165, 1.54) is 12.1 Å². The highest BCUT2D eigenvalue weighted by Gasteiger charge is 2.19.